The average molecular weight is 251 g/mol. The van der Waals surface area contributed by atoms with Crippen molar-refractivity contribution in [3.05, 3.63) is 39.4 Å². The Balaban J connectivity index is 2.23. The van der Waals surface area contributed by atoms with Crippen molar-refractivity contribution < 1.29 is 14.8 Å². The van der Waals surface area contributed by atoms with Gasteiger partial charge < -0.3 is 10.8 Å². The molecule has 1 fully saturated rings. The summed E-state index contributed by atoms with van der Waals surface area (Å²) in [5.41, 5.74) is 5.60. The Bertz CT molecular complexity index is 497. The highest BCUT2D eigenvalue weighted by Gasteiger charge is 2.27. The van der Waals surface area contributed by atoms with Crippen LogP contribution in [0.2, 0.25) is 0 Å². The van der Waals surface area contributed by atoms with Crippen LogP contribution >= 0.6 is 0 Å². The number of primary amides is 1. The quantitative estimate of drug-likeness (QED) is 0.572. The molecule has 0 aromatic heterocycles. The maximum Gasteiger partial charge on any atom is 0.274 e. The zero-order valence-electron chi connectivity index (χ0n) is 9.57. The first-order valence-corrected chi connectivity index (χ1v) is 5.45. The number of nitro groups is 1. The molecule has 0 saturated carbocycles. The van der Waals surface area contributed by atoms with Gasteiger partial charge in [0.05, 0.1) is 11.0 Å². The topological polar surface area (TPSA) is 110 Å². The molecule has 1 saturated heterocycles. The van der Waals surface area contributed by atoms with E-state index in [4.69, 9.17) is 10.8 Å². The first-order valence-electron chi connectivity index (χ1n) is 5.45. The smallest absolute Gasteiger partial charge is 0.274 e. The summed E-state index contributed by atoms with van der Waals surface area (Å²) < 4.78 is 0. The van der Waals surface area contributed by atoms with Crippen molar-refractivity contribution >= 4 is 11.6 Å². The molecule has 1 aliphatic rings. The van der Waals surface area contributed by atoms with Crippen LogP contribution in [0, 0.1) is 10.1 Å². The molecule has 0 aliphatic carbocycles. The molecule has 96 valence electrons. The van der Waals surface area contributed by atoms with Crippen molar-refractivity contribution in [1.29, 1.82) is 0 Å². The molecule has 2 rings (SSSR count). The van der Waals surface area contributed by atoms with Gasteiger partial charge in [-0.1, -0.05) is 6.07 Å². The zero-order chi connectivity index (χ0) is 13.3. The highest BCUT2D eigenvalue weighted by atomic mass is 16.6. The van der Waals surface area contributed by atoms with Crippen LogP contribution in [-0.2, 0) is 6.54 Å². The third kappa shape index (κ3) is 2.47. The summed E-state index contributed by atoms with van der Waals surface area (Å²) in [7, 11) is 0. The van der Waals surface area contributed by atoms with Gasteiger partial charge >= 0.3 is 0 Å². The van der Waals surface area contributed by atoms with Crippen molar-refractivity contribution in [1.82, 2.24) is 4.90 Å². The van der Waals surface area contributed by atoms with E-state index < -0.39 is 10.8 Å². The summed E-state index contributed by atoms with van der Waals surface area (Å²) in [6.07, 6.45) is -0.353. The highest BCUT2D eigenvalue weighted by Crippen LogP contribution is 2.23. The number of β-amino-alcohol motifs (C(OH)–C–C–N with tert-alkyl or cyclic N) is 1. The van der Waals surface area contributed by atoms with Gasteiger partial charge in [0.15, 0.2) is 0 Å². The van der Waals surface area contributed by atoms with Crippen molar-refractivity contribution in [3.63, 3.8) is 0 Å². The summed E-state index contributed by atoms with van der Waals surface area (Å²) in [5, 5.41) is 20.1. The second-order valence-corrected chi connectivity index (χ2v) is 4.31. The molecule has 1 aliphatic heterocycles. The molecule has 0 unspecified atom stereocenters. The number of nitro benzene ring substituents is 1. The van der Waals surface area contributed by atoms with Gasteiger partial charge in [-0.3, -0.25) is 19.8 Å². The fraction of sp³-hybridized carbons (Fsp3) is 0.364. The minimum absolute atomic E-state index is 0.118. The van der Waals surface area contributed by atoms with Gasteiger partial charge in [-0.05, 0) is 6.07 Å². The van der Waals surface area contributed by atoms with Crippen molar-refractivity contribution in [2.24, 2.45) is 5.73 Å². The van der Waals surface area contributed by atoms with E-state index in [9.17, 15) is 14.9 Å². The molecule has 0 radical (unpaired) electrons. The monoisotopic (exact) mass is 251 g/mol. The second-order valence-electron chi connectivity index (χ2n) is 4.31. The molecule has 7 heteroatoms. The van der Waals surface area contributed by atoms with E-state index in [2.05, 4.69) is 0 Å². The lowest BCUT2D eigenvalue weighted by Gasteiger charge is -2.35. The van der Waals surface area contributed by atoms with Gasteiger partial charge in [0.1, 0.15) is 0 Å². The Kier molecular flexibility index (Phi) is 3.26. The Morgan fingerprint density at radius 3 is 2.72 bits per heavy atom. The molecular weight excluding hydrogens is 238 g/mol. The Morgan fingerprint density at radius 1 is 1.56 bits per heavy atom. The van der Waals surface area contributed by atoms with Crippen LogP contribution in [0.3, 0.4) is 0 Å². The summed E-state index contributed by atoms with van der Waals surface area (Å²) in [5.74, 6) is -0.691. The second kappa shape index (κ2) is 4.71. The molecular formula is C11H13N3O4. The van der Waals surface area contributed by atoms with E-state index in [1.54, 1.807) is 0 Å². The number of benzene rings is 1. The number of carbonyl (C=O) groups is 1. The number of nitrogens with two attached hydrogens (primary N) is 1. The van der Waals surface area contributed by atoms with Gasteiger partial charge in [-0.25, -0.2) is 0 Å². The number of carbonyl (C=O) groups excluding carboxylic acids is 1. The summed E-state index contributed by atoms with van der Waals surface area (Å²) in [6, 6.07) is 4.19. The number of aliphatic hydroxyl groups is 1. The van der Waals surface area contributed by atoms with E-state index in [1.807, 2.05) is 4.90 Å². The maximum absolute atomic E-state index is 11.0. The first kappa shape index (κ1) is 12.5. The SMILES string of the molecule is NC(=O)c1ccc(CN2CC(O)C2)c([N+](=O)[O-])c1. The van der Waals surface area contributed by atoms with Crippen LogP contribution in [0.5, 0.6) is 0 Å². The fourth-order valence-corrected chi connectivity index (χ4v) is 1.93. The zero-order valence-corrected chi connectivity index (χ0v) is 9.57. The third-order valence-corrected chi connectivity index (χ3v) is 2.90. The van der Waals surface area contributed by atoms with Crippen LogP contribution < -0.4 is 5.73 Å². The van der Waals surface area contributed by atoms with Crippen LogP contribution in [0.25, 0.3) is 0 Å². The molecule has 0 spiro atoms. The normalized spacial score (nSPS) is 16.3. The van der Waals surface area contributed by atoms with Gasteiger partial charge in [-0.15, -0.1) is 0 Å². The molecule has 0 atom stereocenters. The van der Waals surface area contributed by atoms with E-state index in [1.165, 1.54) is 18.2 Å². The van der Waals surface area contributed by atoms with E-state index in [-0.39, 0.29) is 17.4 Å². The van der Waals surface area contributed by atoms with Crippen LogP contribution in [0.15, 0.2) is 18.2 Å². The number of nitrogens with zero attached hydrogens (tertiary/aromatic N) is 2. The molecule has 18 heavy (non-hydrogen) atoms. The summed E-state index contributed by atoms with van der Waals surface area (Å²) >= 11 is 0. The van der Waals surface area contributed by atoms with Gasteiger partial charge in [-0.2, -0.15) is 0 Å². The summed E-state index contributed by atoms with van der Waals surface area (Å²) in [6.45, 7) is 1.40. The van der Waals surface area contributed by atoms with E-state index in [0.717, 1.165) is 0 Å². The average Bonchev–Trinajstić information content (AvgIpc) is 2.26. The first-order chi connectivity index (χ1) is 8.47. The molecule has 1 aromatic carbocycles. The molecule has 0 bridgehead atoms. The highest BCUT2D eigenvalue weighted by molar-refractivity contribution is 5.93. The molecule has 1 amide bonds. The van der Waals surface area contributed by atoms with Gasteiger partial charge in [0, 0.05) is 36.8 Å². The van der Waals surface area contributed by atoms with Crippen LogP contribution in [0.1, 0.15) is 15.9 Å². The van der Waals surface area contributed by atoms with Crippen molar-refractivity contribution in [2.45, 2.75) is 12.6 Å². The Morgan fingerprint density at radius 2 is 2.22 bits per heavy atom. The van der Waals surface area contributed by atoms with Crippen LogP contribution in [-0.4, -0.2) is 40.0 Å². The maximum atomic E-state index is 11.0. The largest absolute Gasteiger partial charge is 0.390 e. The third-order valence-electron chi connectivity index (χ3n) is 2.90. The number of amides is 1. The minimum atomic E-state index is -0.691. The predicted molar refractivity (Wildman–Crippen MR) is 62.9 cm³/mol. The number of rotatable bonds is 4. The van der Waals surface area contributed by atoms with Gasteiger partial charge in [0.25, 0.3) is 5.69 Å². The Hall–Kier alpha value is -1.99. The summed E-state index contributed by atoms with van der Waals surface area (Å²) in [4.78, 5) is 23.3. The molecule has 7 nitrogen and oxygen atoms in total. The minimum Gasteiger partial charge on any atom is -0.390 e. The lowest BCUT2D eigenvalue weighted by atomic mass is 10.1. The van der Waals surface area contributed by atoms with E-state index in [0.29, 0.717) is 25.2 Å². The standard InChI is InChI=1S/C11H13N3O4/c12-11(16)7-1-2-8(10(3-7)14(17)18)4-13-5-9(15)6-13/h1-3,9,15H,4-6H2,(H2,12,16). The van der Waals surface area contributed by atoms with Gasteiger partial charge in [0.2, 0.25) is 5.91 Å². The number of likely N-dealkylation sites (tertiary alicyclic amines) is 1. The van der Waals surface area contributed by atoms with Crippen LogP contribution in [0.4, 0.5) is 5.69 Å². The van der Waals surface area contributed by atoms with Crippen molar-refractivity contribution in [3.8, 4) is 0 Å². The predicted octanol–water partition coefficient (Wildman–Crippen LogP) is -0.130. The number of hydrogen-bond acceptors (Lipinski definition) is 5. The van der Waals surface area contributed by atoms with E-state index >= 15 is 0 Å². The lowest BCUT2D eigenvalue weighted by Crippen LogP contribution is -2.49. The number of aliphatic hydroxyl groups excluding tert-OH is 1. The molecule has 1 heterocycles. The number of hydrogen-bond donors (Lipinski definition) is 2. The van der Waals surface area contributed by atoms with Crippen molar-refractivity contribution in [2.75, 3.05) is 13.1 Å². The Labute approximate surface area is 103 Å². The molecule has 1 aromatic rings. The fourth-order valence-electron chi connectivity index (χ4n) is 1.93. The lowest BCUT2D eigenvalue weighted by molar-refractivity contribution is -0.385. The molecule has 3 N–H and O–H groups in total.